The Hall–Kier alpha value is -2.07. The highest BCUT2D eigenvalue weighted by Gasteiger charge is 2.31. The quantitative estimate of drug-likeness (QED) is 0.864. The fraction of sp³-hybridized carbons (Fsp3) is 0.353. The Morgan fingerprint density at radius 3 is 2.86 bits per heavy atom. The van der Waals surface area contributed by atoms with Crippen LogP contribution in [0, 0.1) is 5.92 Å². The molecule has 3 rings (SSSR count). The zero-order valence-corrected chi connectivity index (χ0v) is 12.8. The number of rotatable bonds is 4. The zero-order chi connectivity index (χ0) is 15.0. The molecule has 1 atom stereocenters. The standard InChI is InChI=1S/C17H21N3O/c1-20(2)12-9-11(7-8-21-3)17-13(10-12)16-14(18)5-4-6-15(16)19-17/h4-6,9-11H,7-8,18H2,1-3H3. The molecule has 1 unspecified atom stereocenters. The van der Waals surface area contributed by atoms with Crippen LogP contribution in [0.3, 0.4) is 0 Å². The number of likely N-dealkylation sites (N-methyl/N-ethyl adjacent to an activating group) is 1. The van der Waals surface area contributed by atoms with Crippen molar-refractivity contribution in [1.29, 1.82) is 0 Å². The van der Waals surface area contributed by atoms with E-state index in [-0.39, 0.29) is 5.92 Å². The van der Waals surface area contributed by atoms with Crippen molar-refractivity contribution in [2.24, 2.45) is 10.9 Å². The van der Waals surface area contributed by atoms with Crippen LogP contribution in [-0.4, -0.2) is 38.4 Å². The molecule has 1 aromatic carbocycles. The second-order valence-corrected chi connectivity index (χ2v) is 5.67. The molecule has 4 heteroatoms. The first-order chi connectivity index (χ1) is 10.1. The van der Waals surface area contributed by atoms with Gasteiger partial charge in [0.2, 0.25) is 0 Å². The molecule has 0 spiro atoms. The van der Waals surface area contributed by atoms with Crippen LogP contribution >= 0.6 is 0 Å². The number of anilines is 1. The van der Waals surface area contributed by atoms with Gasteiger partial charge in [0.05, 0.1) is 11.4 Å². The third-order valence-corrected chi connectivity index (χ3v) is 4.03. The van der Waals surface area contributed by atoms with Gasteiger partial charge in [-0.15, -0.1) is 0 Å². The Morgan fingerprint density at radius 1 is 1.33 bits per heavy atom. The van der Waals surface area contributed by atoms with Gasteiger partial charge in [-0.25, -0.2) is 0 Å². The molecule has 1 aliphatic carbocycles. The lowest BCUT2D eigenvalue weighted by molar-refractivity contribution is 0.191. The number of nitrogens with zero attached hydrogens (tertiary/aromatic N) is 2. The number of fused-ring (bicyclic) bond motifs is 3. The van der Waals surface area contributed by atoms with E-state index >= 15 is 0 Å². The molecule has 1 aliphatic heterocycles. The van der Waals surface area contributed by atoms with E-state index in [2.05, 4.69) is 31.1 Å². The number of nitrogen functional groups attached to an aromatic ring is 1. The van der Waals surface area contributed by atoms with Gasteiger partial charge in [-0.3, -0.25) is 4.99 Å². The largest absolute Gasteiger partial charge is 0.398 e. The summed E-state index contributed by atoms with van der Waals surface area (Å²) in [6, 6.07) is 5.93. The highest BCUT2D eigenvalue weighted by molar-refractivity contribution is 6.32. The van der Waals surface area contributed by atoms with Crippen LogP contribution in [0.1, 0.15) is 12.0 Å². The van der Waals surface area contributed by atoms with E-state index in [0.29, 0.717) is 0 Å². The smallest absolute Gasteiger partial charge is 0.0733 e. The van der Waals surface area contributed by atoms with Crippen molar-refractivity contribution in [1.82, 2.24) is 4.90 Å². The third kappa shape index (κ3) is 2.36. The van der Waals surface area contributed by atoms with Crippen molar-refractivity contribution >= 4 is 22.7 Å². The van der Waals surface area contributed by atoms with Gasteiger partial charge in [-0.05, 0) is 24.6 Å². The van der Waals surface area contributed by atoms with E-state index in [9.17, 15) is 0 Å². The number of hydrogen-bond acceptors (Lipinski definition) is 4. The molecule has 0 saturated carbocycles. The molecule has 0 saturated heterocycles. The number of benzene rings is 1. The number of allylic oxidation sites excluding steroid dienone is 3. The van der Waals surface area contributed by atoms with Crippen molar-refractivity contribution in [3.8, 4) is 0 Å². The number of aliphatic imine (C=N–C) groups is 1. The molecule has 0 bridgehead atoms. The lowest BCUT2D eigenvalue weighted by atomic mass is 9.85. The maximum Gasteiger partial charge on any atom is 0.0733 e. The van der Waals surface area contributed by atoms with Crippen LogP contribution in [0.4, 0.5) is 11.4 Å². The van der Waals surface area contributed by atoms with Crippen molar-refractivity contribution in [2.75, 3.05) is 33.5 Å². The van der Waals surface area contributed by atoms with Crippen molar-refractivity contribution in [2.45, 2.75) is 6.42 Å². The second kappa shape index (κ2) is 5.37. The predicted octanol–water partition coefficient (Wildman–Crippen LogP) is 2.85. The normalized spacial score (nSPS) is 19.4. The molecule has 4 nitrogen and oxygen atoms in total. The minimum absolute atomic E-state index is 0.272. The maximum absolute atomic E-state index is 6.17. The fourth-order valence-electron chi connectivity index (χ4n) is 2.92. The summed E-state index contributed by atoms with van der Waals surface area (Å²) in [5.41, 5.74) is 12.5. The summed E-state index contributed by atoms with van der Waals surface area (Å²) in [4.78, 5) is 6.94. The third-order valence-electron chi connectivity index (χ3n) is 4.03. The summed E-state index contributed by atoms with van der Waals surface area (Å²) in [6.45, 7) is 0.722. The van der Waals surface area contributed by atoms with Crippen LogP contribution in [0.2, 0.25) is 0 Å². The molecule has 110 valence electrons. The van der Waals surface area contributed by atoms with Gasteiger partial charge in [0, 0.05) is 56.3 Å². The summed E-state index contributed by atoms with van der Waals surface area (Å²) in [7, 11) is 5.85. The molecule has 0 radical (unpaired) electrons. The number of hydrogen-bond donors (Lipinski definition) is 1. The van der Waals surface area contributed by atoms with Gasteiger partial charge in [0.25, 0.3) is 0 Å². The fourth-order valence-corrected chi connectivity index (χ4v) is 2.92. The molecule has 0 aromatic heterocycles. The lowest BCUT2D eigenvalue weighted by Gasteiger charge is -2.25. The summed E-state index contributed by atoms with van der Waals surface area (Å²) in [6.07, 6.45) is 5.38. The summed E-state index contributed by atoms with van der Waals surface area (Å²) >= 11 is 0. The first-order valence-corrected chi connectivity index (χ1v) is 7.19. The molecule has 21 heavy (non-hydrogen) atoms. The van der Waals surface area contributed by atoms with E-state index in [1.165, 1.54) is 5.70 Å². The molecule has 0 amide bonds. The van der Waals surface area contributed by atoms with Crippen LogP contribution in [0.5, 0.6) is 0 Å². The SMILES string of the molecule is COCCC1C=C(N(C)C)C=C2C1=Nc1cccc(N)c12. The maximum atomic E-state index is 6.17. The molecule has 2 N–H and O–H groups in total. The van der Waals surface area contributed by atoms with E-state index in [0.717, 1.165) is 41.3 Å². The van der Waals surface area contributed by atoms with Gasteiger partial charge >= 0.3 is 0 Å². The minimum Gasteiger partial charge on any atom is -0.398 e. The summed E-state index contributed by atoms with van der Waals surface area (Å²) in [5.74, 6) is 0.272. The first kappa shape index (κ1) is 13.9. The summed E-state index contributed by atoms with van der Waals surface area (Å²) < 4.78 is 5.25. The topological polar surface area (TPSA) is 50.8 Å². The van der Waals surface area contributed by atoms with Crippen LogP contribution in [0.15, 0.2) is 41.0 Å². The van der Waals surface area contributed by atoms with E-state index < -0.39 is 0 Å². The number of nitrogens with two attached hydrogens (primary N) is 1. The molecule has 2 aliphatic rings. The highest BCUT2D eigenvalue weighted by Crippen LogP contribution is 2.44. The monoisotopic (exact) mass is 283 g/mol. The van der Waals surface area contributed by atoms with Crippen LogP contribution in [-0.2, 0) is 4.74 Å². The van der Waals surface area contributed by atoms with Gasteiger partial charge in [-0.1, -0.05) is 12.1 Å². The predicted molar refractivity (Wildman–Crippen MR) is 87.7 cm³/mol. The molecule has 1 aromatic rings. The van der Waals surface area contributed by atoms with Gasteiger partial charge in [-0.2, -0.15) is 0 Å². The van der Waals surface area contributed by atoms with E-state index in [1.807, 2.05) is 18.2 Å². The number of ether oxygens (including phenoxy) is 1. The van der Waals surface area contributed by atoms with Crippen LogP contribution < -0.4 is 5.73 Å². The lowest BCUT2D eigenvalue weighted by Crippen LogP contribution is -2.22. The molecule has 0 fully saturated rings. The molecular formula is C17H21N3O. The highest BCUT2D eigenvalue weighted by atomic mass is 16.5. The first-order valence-electron chi connectivity index (χ1n) is 7.19. The van der Waals surface area contributed by atoms with E-state index in [1.54, 1.807) is 7.11 Å². The second-order valence-electron chi connectivity index (χ2n) is 5.67. The average molecular weight is 283 g/mol. The average Bonchev–Trinajstić information content (AvgIpc) is 2.84. The molecule has 1 heterocycles. The van der Waals surface area contributed by atoms with Crippen molar-refractivity contribution in [3.05, 3.63) is 41.6 Å². The van der Waals surface area contributed by atoms with Crippen LogP contribution in [0.25, 0.3) is 5.57 Å². The van der Waals surface area contributed by atoms with Crippen molar-refractivity contribution < 1.29 is 4.74 Å². The Kier molecular flexibility index (Phi) is 3.55. The Bertz CT molecular complexity index is 656. The van der Waals surface area contributed by atoms with Gasteiger partial charge in [0.15, 0.2) is 0 Å². The Morgan fingerprint density at radius 2 is 2.14 bits per heavy atom. The van der Waals surface area contributed by atoms with Crippen molar-refractivity contribution in [3.63, 3.8) is 0 Å². The number of methoxy groups -OCH3 is 1. The zero-order valence-electron chi connectivity index (χ0n) is 12.8. The molecular weight excluding hydrogens is 262 g/mol. The summed E-state index contributed by atoms with van der Waals surface area (Å²) in [5, 5.41) is 0. The van der Waals surface area contributed by atoms with Gasteiger partial charge < -0.3 is 15.4 Å². The Balaban J connectivity index is 2.07. The van der Waals surface area contributed by atoms with E-state index in [4.69, 9.17) is 15.5 Å². The minimum atomic E-state index is 0.272. The Labute approximate surface area is 125 Å². The van der Waals surface area contributed by atoms with Gasteiger partial charge in [0.1, 0.15) is 0 Å².